The van der Waals surface area contributed by atoms with Crippen LogP contribution < -0.4 is 14.8 Å². The van der Waals surface area contributed by atoms with Gasteiger partial charge in [0.25, 0.3) is 5.91 Å². The summed E-state index contributed by atoms with van der Waals surface area (Å²) >= 11 is 3.17. The van der Waals surface area contributed by atoms with E-state index in [9.17, 15) is 13.2 Å². The Morgan fingerprint density at radius 2 is 2.00 bits per heavy atom. The number of aryl methyl sites for hydroxylation is 1. The average molecular weight is 492 g/mol. The summed E-state index contributed by atoms with van der Waals surface area (Å²) in [5.74, 6) is -0.127. The molecule has 0 radical (unpaired) electrons. The lowest BCUT2D eigenvalue weighted by atomic mass is 10.2. The molecule has 10 heteroatoms. The van der Waals surface area contributed by atoms with E-state index < -0.39 is 10.0 Å². The average Bonchev–Trinajstić information content (AvgIpc) is 3.53. The van der Waals surface area contributed by atoms with Crippen molar-refractivity contribution in [3.05, 3.63) is 51.2 Å². The van der Waals surface area contributed by atoms with Gasteiger partial charge in [-0.2, -0.15) is 0 Å². The highest BCUT2D eigenvalue weighted by Gasteiger charge is 2.26. The summed E-state index contributed by atoms with van der Waals surface area (Å²) < 4.78 is 33.9. The van der Waals surface area contributed by atoms with Gasteiger partial charge in [-0.15, -0.1) is 22.7 Å². The number of rotatable bonds is 8. The molecule has 0 spiro atoms. The third-order valence-corrected chi connectivity index (χ3v) is 8.77. The van der Waals surface area contributed by atoms with Gasteiger partial charge in [0.2, 0.25) is 10.0 Å². The number of carbonyl (C=O) groups is 1. The Hall–Kier alpha value is -2.27. The Morgan fingerprint density at radius 3 is 2.69 bits per heavy atom. The molecule has 1 aromatic carbocycles. The number of thiophene rings is 1. The van der Waals surface area contributed by atoms with Crippen LogP contribution in [-0.4, -0.2) is 32.5 Å². The Morgan fingerprint density at radius 1 is 1.22 bits per heavy atom. The van der Waals surface area contributed by atoms with Crippen molar-refractivity contribution in [2.75, 3.05) is 7.11 Å². The van der Waals surface area contributed by atoms with E-state index in [-0.39, 0.29) is 28.2 Å². The molecule has 0 saturated heterocycles. The first-order chi connectivity index (χ1) is 15.4. The van der Waals surface area contributed by atoms with E-state index in [0.717, 1.165) is 46.1 Å². The molecule has 170 valence electrons. The van der Waals surface area contributed by atoms with Gasteiger partial charge < -0.3 is 10.1 Å². The first-order valence-corrected chi connectivity index (χ1v) is 13.5. The van der Waals surface area contributed by atoms with Crippen LogP contribution in [-0.2, 0) is 16.6 Å². The van der Waals surface area contributed by atoms with Gasteiger partial charge >= 0.3 is 0 Å². The van der Waals surface area contributed by atoms with Gasteiger partial charge in [-0.3, -0.25) is 4.79 Å². The number of sulfonamides is 1. The molecule has 2 aromatic heterocycles. The zero-order valence-corrected chi connectivity index (χ0v) is 20.3. The standard InChI is InChI=1S/C22H25N3O4S3/c1-14-24-18(13-30-14)20-10-8-17(31-20)12-23-22(26)15-7-9-19(29-2)21(11-15)32(27,28)25-16-5-3-4-6-16/h7-11,13,16,25H,3-6,12H2,1-2H3,(H,23,26). The van der Waals surface area contributed by atoms with Crippen LogP contribution in [0.4, 0.5) is 0 Å². The van der Waals surface area contributed by atoms with Crippen LogP contribution in [0.3, 0.4) is 0 Å². The number of nitrogens with zero attached hydrogens (tertiary/aromatic N) is 1. The van der Waals surface area contributed by atoms with Gasteiger partial charge in [-0.1, -0.05) is 12.8 Å². The number of hydrogen-bond donors (Lipinski definition) is 2. The molecule has 1 aliphatic carbocycles. The minimum Gasteiger partial charge on any atom is -0.495 e. The van der Waals surface area contributed by atoms with Crippen LogP contribution in [0.5, 0.6) is 5.75 Å². The second-order valence-corrected chi connectivity index (χ2v) is 11.6. The summed E-state index contributed by atoms with van der Waals surface area (Å²) in [5.41, 5.74) is 1.21. The van der Waals surface area contributed by atoms with E-state index in [0.29, 0.717) is 6.54 Å². The maximum atomic E-state index is 12.9. The van der Waals surface area contributed by atoms with Crippen LogP contribution in [0.15, 0.2) is 40.6 Å². The SMILES string of the molecule is COc1ccc(C(=O)NCc2ccc(-c3csc(C)n3)s2)cc1S(=O)(=O)NC1CCCC1. The Balaban J connectivity index is 1.47. The van der Waals surface area contributed by atoms with Gasteiger partial charge in [-0.05, 0) is 50.1 Å². The van der Waals surface area contributed by atoms with Crippen LogP contribution in [0.2, 0.25) is 0 Å². The highest BCUT2D eigenvalue weighted by Crippen LogP contribution is 2.30. The number of hydrogen-bond acceptors (Lipinski definition) is 7. The van der Waals surface area contributed by atoms with E-state index in [2.05, 4.69) is 15.0 Å². The van der Waals surface area contributed by atoms with E-state index >= 15 is 0 Å². The topological polar surface area (TPSA) is 97.4 Å². The summed E-state index contributed by atoms with van der Waals surface area (Å²) in [7, 11) is -2.38. The minimum atomic E-state index is -3.79. The normalized spacial score (nSPS) is 14.6. The van der Waals surface area contributed by atoms with Crippen molar-refractivity contribution in [2.24, 2.45) is 0 Å². The van der Waals surface area contributed by atoms with Crippen molar-refractivity contribution in [3.8, 4) is 16.3 Å². The lowest BCUT2D eigenvalue weighted by Crippen LogP contribution is -2.33. The van der Waals surface area contributed by atoms with Gasteiger partial charge in [-0.25, -0.2) is 18.1 Å². The largest absolute Gasteiger partial charge is 0.495 e. The fourth-order valence-electron chi connectivity index (χ4n) is 3.71. The monoisotopic (exact) mass is 491 g/mol. The molecule has 2 heterocycles. The smallest absolute Gasteiger partial charge is 0.251 e. The molecule has 32 heavy (non-hydrogen) atoms. The van der Waals surface area contributed by atoms with Crippen molar-refractivity contribution in [1.82, 2.24) is 15.0 Å². The third-order valence-electron chi connectivity index (χ3n) is 5.35. The van der Waals surface area contributed by atoms with Gasteiger partial charge in [0.15, 0.2) is 0 Å². The van der Waals surface area contributed by atoms with Crippen molar-refractivity contribution in [3.63, 3.8) is 0 Å². The molecule has 1 amide bonds. The lowest BCUT2D eigenvalue weighted by Gasteiger charge is -2.15. The Bertz CT molecular complexity index is 1210. The molecule has 1 fully saturated rings. The summed E-state index contributed by atoms with van der Waals surface area (Å²) in [6, 6.07) is 8.35. The number of thiazole rings is 1. The maximum absolute atomic E-state index is 12.9. The molecule has 0 atom stereocenters. The van der Waals surface area contributed by atoms with Gasteiger partial charge in [0.1, 0.15) is 10.6 Å². The number of aromatic nitrogens is 1. The number of carbonyl (C=O) groups excluding carboxylic acids is 1. The van der Waals surface area contributed by atoms with Crippen LogP contribution in [0, 0.1) is 6.92 Å². The quantitative estimate of drug-likeness (QED) is 0.489. The molecule has 0 aliphatic heterocycles. The molecule has 4 rings (SSSR count). The fraction of sp³-hybridized carbons (Fsp3) is 0.364. The first-order valence-electron chi connectivity index (χ1n) is 10.4. The van der Waals surface area contributed by atoms with E-state index in [4.69, 9.17) is 4.74 Å². The Labute approximate surface area is 195 Å². The van der Waals surface area contributed by atoms with Crippen molar-refractivity contribution < 1.29 is 17.9 Å². The molecule has 3 aromatic rings. The van der Waals surface area contributed by atoms with E-state index in [1.165, 1.54) is 19.2 Å². The van der Waals surface area contributed by atoms with Crippen molar-refractivity contribution >= 4 is 38.6 Å². The van der Waals surface area contributed by atoms with Gasteiger partial charge in [0, 0.05) is 21.9 Å². The minimum absolute atomic E-state index is 0.0168. The van der Waals surface area contributed by atoms with Crippen LogP contribution in [0.25, 0.3) is 10.6 Å². The molecule has 0 unspecified atom stereocenters. The summed E-state index contributed by atoms with van der Waals surface area (Å²) in [4.78, 5) is 19.3. The molecule has 1 aliphatic rings. The van der Waals surface area contributed by atoms with Crippen LogP contribution >= 0.6 is 22.7 Å². The fourth-order valence-corrected chi connectivity index (χ4v) is 6.81. The third kappa shape index (κ3) is 5.20. The van der Waals surface area contributed by atoms with E-state index in [1.54, 1.807) is 28.7 Å². The molecular formula is C22H25N3O4S3. The summed E-state index contributed by atoms with van der Waals surface area (Å²) in [6.07, 6.45) is 3.68. The van der Waals surface area contributed by atoms with Crippen LogP contribution in [0.1, 0.15) is 45.9 Å². The lowest BCUT2D eigenvalue weighted by molar-refractivity contribution is 0.0951. The molecule has 7 nitrogen and oxygen atoms in total. The zero-order valence-electron chi connectivity index (χ0n) is 17.9. The zero-order chi connectivity index (χ0) is 22.7. The molecule has 2 N–H and O–H groups in total. The summed E-state index contributed by atoms with van der Waals surface area (Å²) in [5, 5.41) is 5.90. The second-order valence-electron chi connectivity index (χ2n) is 7.67. The van der Waals surface area contributed by atoms with Crippen molar-refractivity contribution in [2.45, 2.75) is 50.1 Å². The Kier molecular flexibility index (Phi) is 6.94. The van der Waals surface area contributed by atoms with E-state index in [1.807, 2.05) is 24.4 Å². The highest BCUT2D eigenvalue weighted by atomic mass is 32.2. The summed E-state index contributed by atoms with van der Waals surface area (Å²) in [6.45, 7) is 2.32. The number of nitrogens with one attached hydrogen (secondary N) is 2. The predicted molar refractivity (Wildman–Crippen MR) is 127 cm³/mol. The highest BCUT2D eigenvalue weighted by molar-refractivity contribution is 7.89. The maximum Gasteiger partial charge on any atom is 0.251 e. The number of methoxy groups -OCH3 is 1. The number of benzene rings is 1. The second kappa shape index (κ2) is 9.70. The molecule has 1 saturated carbocycles. The number of amides is 1. The predicted octanol–water partition coefficient (Wildman–Crippen LogP) is 4.34. The number of ether oxygens (including phenoxy) is 1. The van der Waals surface area contributed by atoms with Gasteiger partial charge in [0.05, 0.1) is 29.2 Å². The molecular weight excluding hydrogens is 466 g/mol. The first kappa shape index (κ1) is 22.9. The molecule has 0 bridgehead atoms. The van der Waals surface area contributed by atoms with Crippen molar-refractivity contribution in [1.29, 1.82) is 0 Å².